The number of pyridine rings is 2. The number of methoxy groups -OCH3 is 1. The summed E-state index contributed by atoms with van der Waals surface area (Å²) < 4.78 is 5.08. The third-order valence-electron chi connectivity index (χ3n) is 1.69. The zero-order valence-electron chi connectivity index (χ0n) is 6.69. The van der Waals surface area contributed by atoms with Crippen molar-refractivity contribution in [1.29, 1.82) is 0 Å². The molecule has 0 radical (unpaired) electrons. The van der Waals surface area contributed by atoms with Crippen LogP contribution in [0, 0.1) is 0 Å². The highest BCUT2D eigenvalue weighted by molar-refractivity contribution is 5.82. The van der Waals surface area contributed by atoms with E-state index < -0.39 is 0 Å². The van der Waals surface area contributed by atoms with Crippen molar-refractivity contribution < 1.29 is 4.74 Å². The van der Waals surface area contributed by atoms with Crippen molar-refractivity contribution in [2.75, 3.05) is 7.11 Å². The van der Waals surface area contributed by atoms with Crippen molar-refractivity contribution in [2.24, 2.45) is 0 Å². The van der Waals surface area contributed by atoms with Gasteiger partial charge in [-0.25, -0.2) is 4.98 Å². The Balaban J connectivity index is 2.79. The Kier molecular flexibility index (Phi) is 1.63. The number of aromatic nitrogens is 2. The van der Waals surface area contributed by atoms with Crippen molar-refractivity contribution in [1.82, 2.24) is 9.97 Å². The summed E-state index contributed by atoms with van der Waals surface area (Å²) in [6, 6.07) is 5.67. The largest absolute Gasteiger partial charge is 0.481 e. The van der Waals surface area contributed by atoms with Crippen LogP contribution in [0.4, 0.5) is 0 Å². The summed E-state index contributed by atoms with van der Waals surface area (Å²) in [5.74, 6) is 0.626. The van der Waals surface area contributed by atoms with Crippen LogP contribution in [0.3, 0.4) is 0 Å². The summed E-state index contributed by atoms with van der Waals surface area (Å²) in [6.45, 7) is 0. The van der Waals surface area contributed by atoms with Gasteiger partial charge in [0, 0.05) is 12.4 Å². The van der Waals surface area contributed by atoms with Crippen molar-refractivity contribution in [3.8, 4) is 5.88 Å². The lowest BCUT2D eigenvalue weighted by atomic mass is 10.3. The molecule has 0 fully saturated rings. The van der Waals surface area contributed by atoms with Crippen LogP contribution in [0.1, 0.15) is 0 Å². The van der Waals surface area contributed by atoms with Crippen molar-refractivity contribution in [2.45, 2.75) is 0 Å². The summed E-state index contributed by atoms with van der Waals surface area (Å²) in [6.07, 6.45) is 3.44. The number of nitrogens with zero attached hydrogens (tertiary/aromatic N) is 2. The van der Waals surface area contributed by atoms with Crippen molar-refractivity contribution >= 4 is 10.9 Å². The predicted octanol–water partition coefficient (Wildman–Crippen LogP) is 1.64. The Morgan fingerprint density at radius 3 is 2.92 bits per heavy atom. The number of hydrogen-bond acceptors (Lipinski definition) is 3. The molecule has 0 aromatic carbocycles. The minimum atomic E-state index is 0.626. The topological polar surface area (TPSA) is 35.0 Å². The van der Waals surface area contributed by atoms with Gasteiger partial charge in [0.2, 0.25) is 5.88 Å². The molecule has 0 aliphatic heterocycles. The van der Waals surface area contributed by atoms with Gasteiger partial charge in [-0.15, -0.1) is 0 Å². The summed E-state index contributed by atoms with van der Waals surface area (Å²) in [5.41, 5.74) is 0.907. The smallest absolute Gasteiger partial charge is 0.222 e. The highest BCUT2D eigenvalue weighted by Crippen LogP contribution is 2.19. The van der Waals surface area contributed by atoms with Gasteiger partial charge >= 0.3 is 0 Å². The second kappa shape index (κ2) is 2.77. The second-order valence-corrected chi connectivity index (χ2v) is 2.39. The second-order valence-electron chi connectivity index (χ2n) is 2.39. The molecule has 3 heteroatoms. The zero-order chi connectivity index (χ0) is 8.39. The average Bonchev–Trinajstić information content (AvgIpc) is 2.17. The molecule has 0 aliphatic rings. The fourth-order valence-corrected chi connectivity index (χ4v) is 1.14. The SMILES string of the molecule is COc1nccc2ncccc12. The van der Waals surface area contributed by atoms with Gasteiger partial charge in [-0.05, 0) is 18.2 Å². The van der Waals surface area contributed by atoms with Gasteiger partial charge in [-0.2, -0.15) is 0 Å². The van der Waals surface area contributed by atoms with Gasteiger partial charge in [-0.1, -0.05) is 0 Å². The third-order valence-corrected chi connectivity index (χ3v) is 1.69. The van der Waals surface area contributed by atoms with Gasteiger partial charge in [0.15, 0.2) is 0 Å². The summed E-state index contributed by atoms with van der Waals surface area (Å²) in [7, 11) is 1.61. The van der Waals surface area contributed by atoms with Gasteiger partial charge in [0.25, 0.3) is 0 Å². The van der Waals surface area contributed by atoms with Crippen LogP contribution in [-0.2, 0) is 0 Å². The molecule has 2 heterocycles. The van der Waals surface area contributed by atoms with E-state index in [0.717, 1.165) is 10.9 Å². The van der Waals surface area contributed by atoms with E-state index in [4.69, 9.17) is 4.74 Å². The van der Waals surface area contributed by atoms with E-state index in [-0.39, 0.29) is 0 Å². The quantitative estimate of drug-likeness (QED) is 0.636. The van der Waals surface area contributed by atoms with Crippen LogP contribution in [0.5, 0.6) is 5.88 Å². The maximum atomic E-state index is 5.08. The molecule has 60 valence electrons. The molecule has 0 unspecified atom stereocenters. The Labute approximate surface area is 70.0 Å². The summed E-state index contributed by atoms with van der Waals surface area (Å²) >= 11 is 0. The first-order chi connectivity index (χ1) is 5.92. The average molecular weight is 160 g/mol. The molecule has 0 saturated carbocycles. The highest BCUT2D eigenvalue weighted by atomic mass is 16.5. The van der Waals surface area contributed by atoms with E-state index in [2.05, 4.69) is 9.97 Å². The van der Waals surface area contributed by atoms with Crippen LogP contribution < -0.4 is 4.74 Å². The Morgan fingerprint density at radius 1 is 1.17 bits per heavy atom. The molecular formula is C9H8N2O. The van der Waals surface area contributed by atoms with E-state index >= 15 is 0 Å². The first kappa shape index (κ1) is 7.03. The number of hydrogen-bond donors (Lipinski definition) is 0. The van der Waals surface area contributed by atoms with E-state index in [1.807, 2.05) is 18.2 Å². The molecule has 0 amide bonds. The molecule has 0 aliphatic carbocycles. The summed E-state index contributed by atoms with van der Waals surface area (Å²) in [5, 5.41) is 0.947. The molecule has 0 spiro atoms. The Morgan fingerprint density at radius 2 is 2.08 bits per heavy atom. The van der Waals surface area contributed by atoms with Crippen LogP contribution in [-0.4, -0.2) is 17.1 Å². The minimum Gasteiger partial charge on any atom is -0.481 e. The number of rotatable bonds is 1. The van der Waals surface area contributed by atoms with Crippen molar-refractivity contribution in [3.05, 3.63) is 30.6 Å². The van der Waals surface area contributed by atoms with Crippen LogP contribution in [0.25, 0.3) is 10.9 Å². The van der Waals surface area contributed by atoms with Gasteiger partial charge in [0.1, 0.15) is 0 Å². The molecule has 2 rings (SSSR count). The molecular weight excluding hydrogens is 152 g/mol. The fourth-order valence-electron chi connectivity index (χ4n) is 1.14. The molecule has 12 heavy (non-hydrogen) atoms. The lowest BCUT2D eigenvalue weighted by molar-refractivity contribution is 0.403. The zero-order valence-corrected chi connectivity index (χ0v) is 6.69. The highest BCUT2D eigenvalue weighted by Gasteiger charge is 2.00. The maximum Gasteiger partial charge on any atom is 0.222 e. The fraction of sp³-hybridized carbons (Fsp3) is 0.111. The van der Waals surface area contributed by atoms with Gasteiger partial charge in [0.05, 0.1) is 18.0 Å². The molecule has 0 atom stereocenters. The first-order valence-electron chi connectivity index (χ1n) is 3.65. The first-order valence-corrected chi connectivity index (χ1v) is 3.65. The predicted molar refractivity (Wildman–Crippen MR) is 46.1 cm³/mol. The number of fused-ring (bicyclic) bond motifs is 1. The molecule has 0 N–H and O–H groups in total. The lowest BCUT2D eigenvalue weighted by Gasteiger charge is -2.01. The molecule has 3 nitrogen and oxygen atoms in total. The summed E-state index contributed by atoms with van der Waals surface area (Å²) in [4.78, 5) is 8.23. The lowest BCUT2D eigenvalue weighted by Crippen LogP contribution is -1.88. The standard InChI is InChI=1S/C9H8N2O/c1-12-9-7-3-2-5-10-8(7)4-6-11-9/h2-6H,1H3. The van der Waals surface area contributed by atoms with E-state index in [0.29, 0.717) is 5.88 Å². The van der Waals surface area contributed by atoms with Gasteiger partial charge in [-0.3, -0.25) is 4.98 Å². The maximum absolute atomic E-state index is 5.08. The van der Waals surface area contributed by atoms with Crippen LogP contribution in [0.15, 0.2) is 30.6 Å². The Hall–Kier alpha value is -1.64. The molecule has 0 saturated heterocycles. The van der Waals surface area contributed by atoms with Crippen LogP contribution >= 0.6 is 0 Å². The normalized spacial score (nSPS) is 10.1. The molecule has 2 aromatic rings. The molecule has 0 bridgehead atoms. The van der Waals surface area contributed by atoms with Gasteiger partial charge < -0.3 is 4.74 Å². The minimum absolute atomic E-state index is 0.626. The van der Waals surface area contributed by atoms with Crippen LogP contribution in [0.2, 0.25) is 0 Å². The monoisotopic (exact) mass is 160 g/mol. The van der Waals surface area contributed by atoms with E-state index in [1.165, 1.54) is 0 Å². The van der Waals surface area contributed by atoms with Crippen molar-refractivity contribution in [3.63, 3.8) is 0 Å². The Bertz CT molecular complexity index is 395. The molecule has 2 aromatic heterocycles. The van der Waals surface area contributed by atoms with E-state index in [9.17, 15) is 0 Å². The third kappa shape index (κ3) is 0.993. The number of ether oxygens (including phenoxy) is 1. The van der Waals surface area contributed by atoms with E-state index in [1.54, 1.807) is 19.5 Å².